The van der Waals surface area contributed by atoms with E-state index in [9.17, 15) is 47.8 Å². The van der Waals surface area contributed by atoms with E-state index in [1.807, 2.05) is 63.4 Å². The van der Waals surface area contributed by atoms with Gasteiger partial charge in [0.05, 0.1) is 32.7 Å². The number of rotatable bonds is 22. The van der Waals surface area contributed by atoms with Crippen molar-refractivity contribution in [1.29, 1.82) is 0 Å². The van der Waals surface area contributed by atoms with E-state index in [1.54, 1.807) is 56.3 Å². The minimum absolute atomic E-state index is 0.0351. The zero-order chi connectivity index (χ0) is 61.2. The summed E-state index contributed by atoms with van der Waals surface area (Å²) in [5.74, 6) is -0.892. The molecule has 0 bridgehead atoms. The van der Waals surface area contributed by atoms with E-state index in [-0.39, 0.29) is 28.8 Å². The van der Waals surface area contributed by atoms with Crippen molar-refractivity contribution in [3.8, 4) is 22.4 Å². The van der Waals surface area contributed by atoms with Gasteiger partial charge in [-0.3, -0.25) is 14.1 Å². The van der Waals surface area contributed by atoms with Gasteiger partial charge in [-0.05, 0) is 156 Å². The third kappa shape index (κ3) is 15.3. The predicted molar refractivity (Wildman–Crippen MR) is 321 cm³/mol. The molecule has 2 aliphatic rings. The molecule has 2 saturated heterocycles. The fourth-order valence-electron chi connectivity index (χ4n) is 10.5. The van der Waals surface area contributed by atoms with Gasteiger partial charge in [0.25, 0.3) is 19.9 Å². The summed E-state index contributed by atoms with van der Waals surface area (Å²) in [6.07, 6.45) is 1.52. The number of benzene rings is 5. The van der Waals surface area contributed by atoms with Gasteiger partial charge >= 0.3 is 19.1 Å². The maximum Gasteiger partial charge on any atom is 0.501 e. The lowest BCUT2D eigenvalue weighted by Crippen LogP contribution is -2.46. The predicted octanol–water partition coefficient (Wildman–Crippen LogP) is 11.1. The van der Waals surface area contributed by atoms with E-state index in [2.05, 4.69) is 10.0 Å². The number of nitrogens with zero attached hydrogens (tertiary/aromatic N) is 4. The third-order valence-electron chi connectivity index (χ3n) is 15.0. The highest BCUT2D eigenvalue weighted by molar-refractivity contribution is 7.99. The van der Waals surface area contributed by atoms with Crippen molar-refractivity contribution in [2.24, 2.45) is 5.41 Å². The van der Waals surface area contributed by atoms with Crippen molar-refractivity contribution in [2.75, 3.05) is 90.4 Å². The van der Waals surface area contributed by atoms with Crippen LogP contribution in [-0.2, 0) is 43.8 Å². The first kappa shape index (κ1) is 64.4. The second-order valence-corrected chi connectivity index (χ2v) is 30.3. The standard InChI is InChI=1S/C57H66ClF4N6O11PS4/c1-38(2)68-39(3)54(82(5,73)74)52(53(68)40-11-13-42(58)14-12-40)41-33-43(59)35-47(34-41)67-29-27-66(28-30-67)46-17-15-44(16-18-46)64-84(77,78)49-19-20-50(51(36-49)83(75,76)57(60,61)62)63-45(37-81-48-9-7-6-8-10-48)21-24-65-25-22-56(4,23-26-65)55(69)79-31-32-80(70,71)72/h6-20,33-36,38,45,63-64H,21-32,37H2,1-5H3,(H2,70,71,72)/t45-/m1/s1. The molecule has 0 saturated carbocycles. The van der Waals surface area contributed by atoms with Gasteiger partial charge in [0.2, 0.25) is 0 Å². The first-order valence-electron chi connectivity index (χ1n) is 26.8. The summed E-state index contributed by atoms with van der Waals surface area (Å²) in [5, 5.41) is 3.48. The first-order chi connectivity index (χ1) is 39.3. The molecule has 17 nitrogen and oxygen atoms in total. The van der Waals surface area contributed by atoms with Gasteiger partial charge in [0, 0.05) is 95.1 Å². The maximum absolute atomic E-state index is 15.8. The number of anilines is 4. The molecule has 4 N–H and O–H groups in total. The van der Waals surface area contributed by atoms with E-state index in [4.69, 9.17) is 26.1 Å². The summed E-state index contributed by atoms with van der Waals surface area (Å²) >= 11 is 7.62. The van der Waals surface area contributed by atoms with E-state index < -0.39 is 94.3 Å². The Balaban J connectivity index is 0.963. The summed E-state index contributed by atoms with van der Waals surface area (Å²) in [7, 11) is -19.0. The van der Waals surface area contributed by atoms with E-state index >= 15 is 4.39 Å². The number of aromatic nitrogens is 1. The lowest BCUT2D eigenvalue weighted by atomic mass is 9.80. The Kier molecular flexibility index (Phi) is 19.7. The van der Waals surface area contributed by atoms with Gasteiger partial charge in [-0.25, -0.2) is 29.6 Å². The third-order valence-corrected chi connectivity index (χ3v) is 21.3. The molecule has 0 amide bonds. The fraction of sp³-hybridized carbons (Fsp3) is 0.386. The molecule has 27 heteroatoms. The van der Waals surface area contributed by atoms with Gasteiger partial charge in [0.15, 0.2) is 9.84 Å². The molecular formula is C57H66ClF4N6O11PS4. The van der Waals surface area contributed by atoms with Crippen molar-refractivity contribution in [1.82, 2.24) is 9.47 Å². The second kappa shape index (κ2) is 25.8. The zero-order valence-electron chi connectivity index (χ0n) is 46.6. The number of alkyl halides is 3. The molecule has 0 radical (unpaired) electrons. The number of sulfonamides is 1. The molecule has 8 rings (SSSR count). The van der Waals surface area contributed by atoms with Crippen LogP contribution >= 0.6 is 31.0 Å². The Morgan fingerprint density at radius 1 is 0.821 bits per heavy atom. The van der Waals surface area contributed by atoms with Gasteiger partial charge in [0.1, 0.15) is 17.3 Å². The summed E-state index contributed by atoms with van der Waals surface area (Å²) in [5.41, 5.74) is -3.35. The Bertz CT molecular complexity index is 3750. The van der Waals surface area contributed by atoms with Crippen LogP contribution in [0.15, 0.2) is 135 Å². The number of esters is 1. The normalized spacial score (nSPS) is 16.0. The minimum atomic E-state index is -6.14. The van der Waals surface area contributed by atoms with Crippen LogP contribution in [0.5, 0.6) is 0 Å². The molecule has 84 heavy (non-hydrogen) atoms. The van der Waals surface area contributed by atoms with Gasteiger partial charge in [-0.15, -0.1) is 11.8 Å². The van der Waals surface area contributed by atoms with Crippen LogP contribution in [0.1, 0.15) is 51.8 Å². The number of carbonyl (C=O) groups is 1. The first-order valence-corrected chi connectivity index (χ1v) is 34.8. The maximum atomic E-state index is 15.8. The molecule has 3 heterocycles. The topological polar surface area (TPSA) is 225 Å². The quantitative estimate of drug-likeness (QED) is 0.0215. The van der Waals surface area contributed by atoms with Crippen LogP contribution in [0.3, 0.4) is 0 Å². The van der Waals surface area contributed by atoms with Crippen LogP contribution in [0.4, 0.5) is 40.3 Å². The van der Waals surface area contributed by atoms with E-state index in [0.29, 0.717) is 109 Å². The van der Waals surface area contributed by atoms with Gasteiger partial charge < -0.3 is 39.1 Å². The van der Waals surface area contributed by atoms with Crippen LogP contribution in [0, 0.1) is 18.2 Å². The van der Waals surface area contributed by atoms with Crippen molar-refractivity contribution in [2.45, 2.75) is 84.1 Å². The van der Waals surface area contributed by atoms with Crippen molar-refractivity contribution in [3.63, 3.8) is 0 Å². The highest BCUT2D eigenvalue weighted by Crippen LogP contribution is 2.45. The Morgan fingerprint density at radius 3 is 2.02 bits per heavy atom. The molecule has 6 aromatic rings. The molecule has 2 aliphatic heterocycles. The average Bonchev–Trinajstić information content (AvgIpc) is 2.34. The minimum Gasteiger partial charge on any atom is -0.465 e. The number of nitrogens with one attached hydrogen (secondary N) is 2. The number of halogens is 5. The number of hydrogen-bond donors (Lipinski definition) is 4. The van der Waals surface area contributed by atoms with Crippen LogP contribution in [0.25, 0.3) is 22.4 Å². The molecule has 0 aliphatic carbocycles. The van der Waals surface area contributed by atoms with Crippen molar-refractivity contribution >= 4 is 89.4 Å². The number of piperidine rings is 1. The van der Waals surface area contributed by atoms with Crippen LogP contribution in [-0.4, -0.2) is 133 Å². The van der Waals surface area contributed by atoms with E-state index in [0.717, 1.165) is 23.3 Å². The average molecular weight is 1280 g/mol. The number of likely N-dealkylation sites (tertiary alicyclic amines) is 1. The molecule has 2 fully saturated rings. The zero-order valence-corrected chi connectivity index (χ0v) is 51.6. The van der Waals surface area contributed by atoms with Crippen molar-refractivity contribution in [3.05, 3.63) is 132 Å². The SMILES string of the molecule is Cc1c(S(C)(=O)=O)c(-c2cc(F)cc(N3CCN(c4ccc(NS(=O)(=O)c5ccc(N[C@H](CCN6CCC(C)(C(=O)OCCP(=O)(O)O)CC6)CSc6ccccc6)c(S(=O)(=O)C(F)(F)F)c5)cc4)CC3)c2)c(-c2ccc(Cl)cc2)n1C(C)C. The lowest BCUT2D eigenvalue weighted by Gasteiger charge is -2.38. The van der Waals surface area contributed by atoms with Crippen LogP contribution < -0.4 is 19.8 Å². The number of sulfone groups is 2. The molecular weight excluding hydrogens is 1220 g/mol. The number of hydrogen-bond acceptors (Lipinski definition) is 14. The number of ether oxygens (including phenoxy) is 1. The van der Waals surface area contributed by atoms with Gasteiger partial charge in [-0.2, -0.15) is 13.2 Å². The van der Waals surface area contributed by atoms with Crippen molar-refractivity contribution < 1.29 is 66.7 Å². The fourth-order valence-corrected chi connectivity index (χ4v) is 15.3. The number of piperazine rings is 1. The molecule has 5 aromatic carbocycles. The summed E-state index contributed by atoms with van der Waals surface area (Å²) in [6.45, 7) is 9.81. The highest BCUT2D eigenvalue weighted by Gasteiger charge is 2.49. The van der Waals surface area contributed by atoms with Gasteiger partial charge in [-0.1, -0.05) is 41.9 Å². The molecule has 1 atom stereocenters. The highest BCUT2D eigenvalue weighted by atomic mass is 35.5. The molecule has 0 unspecified atom stereocenters. The number of thioether (sulfide) groups is 1. The monoisotopic (exact) mass is 1280 g/mol. The van der Waals surface area contributed by atoms with E-state index in [1.165, 1.54) is 36.0 Å². The molecule has 454 valence electrons. The number of carbonyl (C=O) groups excluding carboxylic acids is 1. The largest absolute Gasteiger partial charge is 0.501 e. The second-order valence-electron chi connectivity index (χ2n) is 21.5. The Hall–Kier alpha value is -5.63. The lowest BCUT2D eigenvalue weighted by molar-refractivity contribution is -0.157. The summed E-state index contributed by atoms with van der Waals surface area (Å²) < 4.78 is 161. The van der Waals surface area contributed by atoms with Crippen LogP contribution in [0.2, 0.25) is 5.02 Å². The summed E-state index contributed by atoms with van der Waals surface area (Å²) in [4.78, 5) is 36.1. The summed E-state index contributed by atoms with van der Waals surface area (Å²) in [6, 6.07) is 28.6. The Morgan fingerprint density at radius 2 is 1.44 bits per heavy atom. The Labute approximate surface area is 496 Å². The molecule has 1 aromatic heterocycles. The smallest absolute Gasteiger partial charge is 0.465 e. The molecule has 0 spiro atoms.